The van der Waals surface area contributed by atoms with E-state index < -0.39 is 0 Å². The van der Waals surface area contributed by atoms with Gasteiger partial charge in [0.15, 0.2) is 5.96 Å². The topological polar surface area (TPSA) is 74.5 Å². The van der Waals surface area contributed by atoms with Crippen LogP contribution in [-0.2, 0) is 17.9 Å². The molecule has 0 saturated carbocycles. The number of amides is 1. The van der Waals surface area contributed by atoms with Crippen molar-refractivity contribution in [1.82, 2.24) is 25.3 Å². The number of carbonyl (C=O) groups excluding carboxylic acids is 1. The highest BCUT2D eigenvalue weighted by Gasteiger charge is 2.07. The Bertz CT molecular complexity index is 736. The number of aromatic nitrogens is 2. The second-order valence-electron chi connectivity index (χ2n) is 5.95. The van der Waals surface area contributed by atoms with E-state index in [1.165, 1.54) is 4.90 Å². The summed E-state index contributed by atoms with van der Waals surface area (Å²) in [5, 5.41) is 10.4. The van der Waals surface area contributed by atoms with Crippen LogP contribution in [0, 0.1) is 0 Å². The monoisotopic (exact) mass is 354 g/mol. The third-order valence-corrected chi connectivity index (χ3v) is 3.74. The quantitative estimate of drug-likeness (QED) is 0.425. The van der Waals surface area contributed by atoms with Crippen LogP contribution in [-0.4, -0.2) is 53.7 Å². The molecule has 0 atom stereocenters. The second-order valence-corrected chi connectivity index (χ2v) is 5.95. The molecule has 2 rings (SSSR count). The van der Waals surface area contributed by atoms with E-state index in [-0.39, 0.29) is 12.5 Å². The highest BCUT2D eigenvalue weighted by Crippen LogP contribution is 2.11. The van der Waals surface area contributed by atoms with Gasteiger partial charge in [0.2, 0.25) is 5.91 Å². The molecular weight excluding hydrogens is 328 g/mol. The molecule has 0 bridgehead atoms. The Labute approximate surface area is 154 Å². The van der Waals surface area contributed by atoms with Crippen LogP contribution in [0.2, 0.25) is 0 Å². The van der Waals surface area contributed by atoms with Crippen LogP contribution in [0.3, 0.4) is 0 Å². The first-order chi connectivity index (χ1) is 12.6. The largest absolute Gasteiger partial charge is 0.353 e. The third kappa shape index (κ3) is 6.08. The van der Waals surface area contributed by atoms with Crippen molar-refractivity contribution in [2.75, 3.05) is 27.2 Å². The standard InChI is InChI=1S/C19H26N6O/c1-4-10-20-19(22-14-18(26)24(2)3)21-13-16-8-5-6-9-17(16)15-25-12-7-11-23-25/h4-9,11-12H,1,10,13-15H2,2-3H3,(H2,20,21,22). The highest BCUT2D eigenvalue weighted by molar-refractivity contribution is 5.86. The fourth-order valence-corrected chi connectivity index (χ4v) is 2.26. The van der Waals surface area contributed by atoms with Gasteiger partial charge in [-0.15, -0.1) is 6.58 Å². The highest BCUT2D eigenvalue weighted by atomic mass is 16.2. The SMILES string of the molecule is C=CCNC(=NCc1ccccc1Cn1cccn1)NCC(=O)N(C)C. The van der Waals surface area contributed by atoms with Crippen molar-refractivity contribution < 1.29 is 4.79 Å². The zero-order chi connectivity index (χ0) is 18.8. The lowest BCUT2D eigenvalue weighted by Gasteiger charge is -2.14. The molecule has 0 spiro atoms. The molecule has 0 aliphatic heterocycles. The average Bonchev–Trinajstić information content (AvgIpc) is 3.15. The number of hydrogen-bond donors (Lipinski definition) is 2. The maximum atomic E-state index is 11.8. The summed E-state index contributed by atoms with van der Waals surface area (Å²) < 4.78 is 1.88. The van der Waals surface area contributed by atoms with Gasteiger partial charge in [0.25, 0.3) is 0 Å². The van der Waals surface area contributed by atoms with Crippen LogP contribution >= 0.6 is 0 Å². The first-order valence-corrected chi connectivity index (χ1v) is 8.47. The van der Waals surface area contributed by atoms with Gasteiger partial charge in [0.1, 0.15) is 0 Å². The number of guanidine groups is 1. The zero-order valence-electron chi connectivity index (χ0n) is 15.4. The van der Waals surface area contributed by atoms with Gasteiger partial charge in [-0.25, -0.2) is 4.99 Å². The van der Waals surface area contributed by atoms with Crippen LogP contribution in [0.25, 0.3) is 0 Å². The van der Waals surface area contributed by atoms with Crippen molar-refractivity contribution in [3.63, 3.8) is 0 Å². The van der Waals surface area contributed by atoms with Crippen LogP contribution < -0.4 is 10.6 Å². The van der Waals surface area contributed by atoms with Gasteiger partial charge < -0.3 is 15.5 Å². The number of carbonyl (C=O) groups is 1. The number of likely N-dealkylation sites (N-methyl/N-ethyl adjacent to an activating group) is 1. The van der Waals surface area contributed by atoms with Gasteiger partial charge in [-0.2, -0.15) is 5.10 Å². The van der Waals surface area contributed by atoms with E-state index >= 15 is 0 Å². The van der Waals surface area contributed by atoms with Gasteiger partial charge in [-0.1, -0.05) is 30.3 Å². The van der Waals surface area contributed by atoms with Crippen molar-refractivity contribution in [2.45, 2.75) is 13.1 Å². The number of benzene rings is 1. The molecule has 7 heteroatoms. The molecule has 138 valence electrons. The molecule has 7 nitrogen and oxygen atoms in total. The van der Waals surface area contributed by atoms with E-state index in [9.17, 15) is 4.79 Å². The van der Waals surface area contributed by atoms with Gasteiger partial charge in [0, 0.05) is 33.0 Å². The Morgan fingerprint density at radius 2 is 2.04 bits per heavy atom. The maximum absolute atomic E-state index is 11.8. The first-order valence-electron chi connectivity index (χ1n) is 8.47. The molecule has 2 aromatic rings. The molecule has 1 aromatic carbocycles. The summed E-state index contributed by atoms with van der Waals surface area (Å²) in [6.07, 6.45) is 5.45. The normalized spacial score (nSPS) is 11.1. The van der Waals surface area contributed by atoms with Crippen LogP contribution in [0.1, 0.15) is 11.1 Å². The maximum Gasteiger partial charge on any atom is 0.241 e. The minimum Gasteiger partial charge on any atom is -0.353 e. The number of hydrogen-bond acceptors (Lipinski definition) is 3. The molecule has 0 aliphatic carbocycles. The third-order valence-electron chi connectivity index (χ3n) is 3.74. The van der Waals surface area contributed by atoms with E-state index in [2.05, 4.69) is 39.4 Å². The van der Waals surface area contributed by atoms with Crippen molar-refractivity contribution in [3.05, 3.63) is 66.5 Å². The predicted molar refractivity (Wildman–Crippen MR) is 104 cm³/mol. The van der Waals surface area contributed by atoms with E-state index in [0.717, 1.165) is 11.1 Å². The molecule has 1 heterocycles. The first kappa shape index (κ1) is 19.2. The summed E-state index contributed by atoms with van der Waals surface area (Å²) in [4.78, 5) is 17.9. The second kappa shape index (κ2) is 10.0. The Morgan fingerprint density at radius 1 is 1.27 bits per heavy atom. The van der Waals surface area contributed by atoms with Crippen molar-refractivity contribution in [2.24, 2.45) is 4.99 Å². The van der Waals surface area contributed by atoms with E-state index in [4.69, 9.17) is 0 Å². The lowest BCUT2D eigenvalue weighted by molar-refractivity contribution is -0.127. The molecule has 0 unspecified atom stereocenters. The molecule has 2 N–H and O–H groups in total. The average molecular weight is 354 g/mol. The molecule has 26 heavy (non-hydrogen) atoms. The van der Waals surface area contributed by atoms with E-state index in [1.54, 1.807) is 26.4 Å². The van der Waals surface area contributed by atoms with Crippen LogP contribution in [0.5, 0.6) is 0 Å². The van der Waals surface area contributed by atoms with Crippen molar-refractivity contribution >= 4 is 11.9 Å². The van der Waals surface area contributed by atoms with E-state index in [1.807, 2.05) is 29.1 Å². The van der Waals surface area contributed by atoms with E-state index in [0.29, 0.717) is 25.6 Å². The Morgan fingerprint density at radius 3 is 2.69 bits per heavy atom. The fraction of sp³-hybridized carbons (Fsp3) is 0.316. The summed E-state index contributed by atoms with van der Waals surface area (Å²) in [7, 11) is 3.45. The van der Waals surface area contributed by atoms with Gasteiger partial charge in [0.05, 0.1) is 19.6 Å². The molecular formula is C19H26N6O. The fourth-order valence-electron chi connectivity index (χ4n) is 2.26. The summed E-state index contributed by atoms with van der Waals surface area (Å²) in [6, 6.07) is 10.0. The van der Waals surface area contributed by atoms with Gasteiger partial charge in [-0.05, 0) is 17.2 Å². The van der Waals surface area contributed by atoms with Crippen molar-refractivity contribution in [1.29, 1.82) is 0 Å². The number of nitrogens with zero attached hydrogens (tertiary/aromatic N) is 4. The Kier molecular flexibility index (Phi) is 7.42. The summed E-state index contributed by atoms with van der Waals surface area (Å²) in [5.74, 6) is 0.561. The molecule has 0 radical (unpaired) electrons. The summed E-state index contributed by atoms with van der Waals surface area (Å²) in [6.45, 7) is 5.65. The van der Waals surface area contributed by atoms with Gasteiger partial charge >= 0.3 is 0 Å². The van der Waals surface area contributed by atoms with Gasteiger partial charge in [-0.3, -0.25) is 9.48 Å². The smallest absolute Gasteiger partial charge is 0.241 e. The number of nitrogens with one attached hydrogen (secondary N) is 2. The lowest BCUT2D eigenvalue weighted by Crippen LogP contribution is -2.43. The molecule has 1 aromatic heterocycles. The van der Waals surface area contributed by atoms with Crippen LogP contribution in [0.4, 0.5) is 0 Å². The minimum atomic E-state index is -0.0165. The summed E-state index contributed by atoms with van der Waals surface area (Å²) >= 11 is 0. The predicted octanol–water partition coefficient (Wildman–Crippen LogP) is 1.24. The molecule has 0 saturated heterocycles. The number of aliphatic imine (C=N–C) groups is 1. The Hall–Kier alpha value is -3.09. The lowest BCUT2D eigenvalue weighted by atomic mass is 10.1. The van der Waals surface area contributed by atoms with Crippen molar-refractivity contribution in [3.8, 4) is 0 Å². The minimum absolute atomic E-state index is 0.0165. The molecule has 0 fully saturated rings. The Balaban J connectivity index is 2.07. The number of rotatable bonds is 8. The van der Waals surface area contributed by atoms with Crippen LogP contribution in [0.15, 0.2) is 60.4 Å². The zero-order valence-corrected chi connectivity index (χ0v) is 15.4. The molecule has 0 aliphatic rings. The summed E-state index contributed by atoms with van der Waals surface area (Å²) in [5.41, 5.74) is 2.27. The molecule has 1 amide bonds.